The number of halogens is 2. The summed E-state index contributed by atoms with van der Waals surface area (Å²) >= 11 is 12.2. The van der Waals surface area contributed by atoms with E-state index in [0.29, 0.717) is 10.0 Å². The van der Waals surface area contributed by atoms with Crippen LogP contribution in [0.2, 0.25) is 10.0 Å². The molecule has 2 aromatic carbocycles. The molecule has 0 aromatic heterocycles. The fourth-order valence-electron chi connectivity index (χ4n) is 3.83. The third-order valence-corrected chi connectivity index (χ3v) is 6.11. The van der Waals surface area contributed by atoms with Gasteiger partial charge >= 0.3 is 0 Å². The number of anilines is 1. The minimum Gasteiger partial charge on any atom is -0.377 e. The molecule has 0 spiro atoms. The van der Waals surface area contributed by atoms with Gasteiger partial charge in [-0.15, -0.1) is 0 Å². The number of carbonyl (C=O) groups is 1. The van der Waals surface area contributed by atoms with Gasteiger partial charge in [-0.3, -0.25) is 10.2 Å². The molecule has 29 heavy (non-hydrogen) atoms. The fraction of sp³-hybridized carbons (Fsp3) is 0.391. The van der Waals surface area contributed by atoms with Gasteiger partial charge in [-0.1, -0.05) is 55.1 Å². The van der Waals surface area contributed by atoms with Crippen LogP contribution in [0, 0.1) is 18.3 Å². The van der Waals surface area contributed by atoms with E-state index >= 15 is 0 Å². The molecule has 6 heteroatoms. The zero-order valence-electron chi connectivity index (χ0n) is 16.8. The van der Waals surface area contributed by atoms with Crippen LogP contribution in [-0.2, 0) is 4.79 Å². The van der Waals surface area contributed by atoms with Gasteiger partial charge in [0.05, 0.1) is 6.04 Å². The van der Waals surface area contributed by atoms with Crippen molar-refractivity contribution in [1.29, 1.82) is 5.41 Å². The second-order valence-corrected chi connectivity index (χ2v) is 8.66. The van der Waals surface area contributed by atoms with Crippen LogP contribution in [0.1, 0.15) is 49.8 Å². The lowest BCUT2D eigenvalue weighted by Gasteiger charge is -2.28. The average molecular weight is 432 g/mol. The Hall–Kier alpha value is -2.04. The molecule has 3 rings (SSSR count). The molecule has 1 aliphatic carbocycles. The van der Waals surface area contributed by atoms with Crippen molar-refractivity contribution < 1.29 is 4.79 Å². The molecule has 0 radical (unpaired) electrons. The summed E-state index contributed by atoms with van der Waals surface area (Å²) in [5.74, 6) is -0.620. The molecule has 1 aliphatic rings. The smallest absolute Gasteiger partial charge is 0.265 e. The van der Waals surface area contributed by atoms with E-state index in [0.717, 1.165) is 42.5 Å². The Morgan fingerprint density at radius 2 is 1.69 bits per heavy atom. The Kier molecular flexibility index (Phi) is 7.20. The first kappa shape index (κ1) is 21.7. The second-order valence-electron chi connectivity index (χ2n) is 7.79. The summed E-state index contributed by atoms with van der Waals surface area (Å²) < 4.78 is 0. The van der Waals surface area contributed by atoms with E-state index in [2.05, 4.69) is 10.6 Å². The summed E-state index contributed by atoms with van der Waals surface area (Å²) in [6, 6.07) is 13.1. The predicted molar refractivity (Wildman–Crippen MR) is 121 cm³/mol. The zero-order valence-corrected chi connectivity index (χ0v) is 18.3. The molecule has 0 saturated heterocycles. The molecular formula is C23H27Cl2N3O. The van der Waals surface area contributed by atoms with Crippen LogP contribution in [-0.4, -0.2) is 17.7 Å². The molecule has 2 unspecified atom stereocenters. The third-order valence-electron chi connectivity index (χ3n) is 5.62. The van der Waals surface area contributed by atoms with Crippen LogP contribution in [0.25, 0.3) is 0 Å². The summed E-state index contributed by atoms with van der Waals surface area (Å²) in [4.78, 5) is 12.7. The standard InChI is InChI=1S/C23H27Cl2N3O/c1-14-13-18(25)11-12-20(14)28-22(16-7-9-17(24)10-8-16)15(2)21(26)23(29)27-19-5-3-4-6-19/h7-13,15,19,22,26,28H,3-6H2,1-2H3,(H,27,29). The summed E-state index contributed by atoms with van der Waals surface area (Å²) in [7, 11) is 0. The van der Waals surface area contributed by atoms with E-state index in [4.69, 9.17) is 28.6 Å². The Morgan fingerprint density at radius 1 is 1.07 bits per heavy atom. The number of hydrogen-bond acceptors (Lipinski definition) is 3. The Bertz CT molecular complexity index is 876. The quantitative estimate of drug-likeness (QED) is 0.458. The highest BCUT2D eigenvalue weighted by Gasteiger charge is 2.29. The number of benzene rings is 2. The molecular weight excluding hydrogens is 405 g/mol. The fourth-order valence-corrected chi connectivity index (χ4v) is 4.18. The predicted octanol–water partition coefficient (Wildman–Crippen LogP) is 6.17. The second kappa shape index (κ2) is 9.64. The molecule has 1 amide bonds. The molecule has 0 aliphatic heterocycles. The largest absolute Gasteiger partial charge is 0.377 e. The maximum atomic E-state index is 12.7. The normalized spacial score (nSPS) is 16.3. The van der Waals surface area contributed by atoms with Crippen LogP contribution in [0.15, 0.2) is 42.5 Å². The molecule has 0 bridgehead atoms. The maximum absolute atomic E-state index is 12.7. The number of nitrogens with one attached hydrogen (secondary N) is 3. The Labute approximate surface area is 182 Å². The van der Waals surface area contributed by atoms with Gasteiger partial charge in [-0.25, -0.2) is 0 Å². The highest BCUT2D eigenvalue weighted by Crippen LogP contribution is 2.31. The molecule has 2 aromatic rings. The van der Waals surface area contributed by atoms with Gasteiger partial charge in [0.2, 0.25) is 0 Å². The summed E-state index contributed by atoms with van der Waals surface area (Å²) in [5, 5.41) is 16.4. The van der Waals surface area contributed by atoms with Crippen LogP contribution in [0.4, 0.5) is 5.69 Å². The first-order chi connectivity index (χ1) is 13.8. The SMILES string of the molecule is Cc1cc(Cl)ccc1NC(c1ccc(Cl)cc1)C(C)C(=N)C(=O)NC1CCCC1. The van der Waals surface area contributed by atoms with Crippen LogP contribution in [0.3, 0.4) is 0 Å². The van der Waals surface area contributed by atoms with E-state index in [9.17, 15) is 4.79 Å². The summed E-state index contributed by atoms with van der Waals surface area (Å²) in [6.45, 7) is 3.89. The van der Waals surface area contributed by atoms with Gasteiger partial charge in [-0.2, -0.15) is 0 Å². The van der Waals surface area contributed by atoms with Crippen LogP contribution >= 0.6 is 23.2 Å². The van der Waals surface area contributed by atoms with Gasteiger partial charge in [-0.05, 0) is 61.2 Å². The monoisotopic (exact) mass is 431 g/mol. The average Bonchev–Trinajstić information content (AvgIpc) is 3.20. The first-order valence-electron chi connectivity index (χ1n) is 10.0. The van der Waals surface area contributed by atoms with Crippen LogP contribution < -0.4 is 10.6 Å². The van der Waals surface area contributed by atoms with Gasteiger partial charge in [0.1, 0.15) is 5.71 Å². The van der Waals surface area contributed by atoms with E-state index in [1.54, 1.807) is 0 Å². The number of amides is 1. The highest BCUT2D eigenvalue weighted by molar-refractivity contribution is 6.38. The minimum atomic E-state index is -0.340. The minimum absolute atomic E-state index is 0.0796. The van der Waals surface area contributed by atoms with E-state index in [1.165, 1.54) is 0 Å². The van der Waals surface area contributed by atoms with E-state index in [-0.39, 0.29) is 29.6 Å². The van der Waals surface area contributed by atoms with Crippen molar-refractivity contribution in [3.8, 4) is 0 Å². The molecule has 1 fully saturated rings. The van der Waals surface area contributed by atoms with E-state index in [1.807, 2.05) is 56.3 Å². The highest BCUT2D eigenvalue weighted by atomic mass is 35.5. The lowest BCUT2D eigenvalue weighted by Crippen LogP contribution is -2.41. The first-order valence-corrected chi connectivity index (χ1v) is 10.8. The van der Waals surface area contributed by atoms with Crippen molar-refractivity contribution in [2.75, 3.05) is 5.32 Å². The molecule has 3 N–H and O–H groups in total. The molecule has 154 valence electrons. The Morgan fingerprint density at radius 3 is 2.31 bits per heavy atom. The van der Waals surface area contributed by atoms with Gasteiger partial charge in [0.25, 0.3) is 5.91 Å². The maximum Gasteiger partial charge on any atom is 0.265 e. The number of rotatable bonds is 7. The van der Waals surface area contributed by atoms with Gasteiger partial charge in [0, 0.05) is 27.7 Å². The topological polar surface area (TPSA) is 65.0 Å². The lowest BCUT2D eigenvalue weighted by atomic mass is 9.89. The van der Waals surface area contributed by atoms with Crippen LogP contribution in [0.5, 0.6) is 0 Å². The molecule has 1 saturated carbocycles. The molecule has 2 atom stereocenters. The Balaban J connectivity index is 1.83. The van der Waals surface area contributed by atoms with Gasteiger partial charge in [0.15, 0.2) is 0 Å². The summed E-state index contributed by atoms with van der Waals surface area (Å²) in [5.41, 5.74) is 2.97. The lowest BCUT2D eigenvalue weighted by molar-refractivity contribution is -0.115. The van der Waals surface area contributed by atoms with Gasteiger partial charge < -0.3 is 10.6 Å². The molecule has 0 heterocycles. The molecule has 4 nitrogen and oxygen atoms in total. The number of aryl methyl sites for hydroxylation is 1. The van der Waals surface area contributed by atoms with Crippen molar-refractivity contribution in [2.45, 2.75) is 51.6 Å². The van der Waals surface area contributed by atoms with Crippen molar-refractivity contribution >= 4 is 40.5 Å². The number of carbonyl (C=O) groups excluding carboxylic acids is 1. The van der Waals surface area contributed by atoms with E-state index < -0.39 is 0 Å². The third kappa shape index (κ3) is 5.52. The number of hydrogen-bond donors (Lipinski definition) is 3. The summed E-state index contributed by atoms with van der Waals surface area (Å²) in [6.07, 6.45) is 4.27. The van der Waals surface area contributed by atoms with Crippen molar-refractivity contribution in [3.05, 3.63) is 63.6 Å². The van der Waals surface area contributed by atoms with Crippen molar-refractivity contribution in [3.63, 3.8) is 0 Å². The van der Waals surface area contributed by atoms with Crippen molar-refractivity contribution in [2.24, 2.45) is 5.92 Å². The van der Waals surface area contributed by atoms with Crippen molar-refractivity contribution in [1.82, 2.24) is 5.32 Å². The zero-order chi connectivity index (χ0) is 21.0.